The molecule has 1 aliphatic rings. The highest BCUT2D eigenvalue weighted by Gasteiger charge is 2.20. The fourth-order valence-corrected chi connectivity index (χ4v) is 1.94. The van der Waals surface area contributed by atoms with E-state index in [1.165, 1.54) is 24.1 Å². The summed E-state index contributed by atoms with van der Waals surface area (Å²) >= 11 is 0. The van der Waals surface area contributed by atoms with E-state index in [9.17, 15) is 0 Å². The quantitative estimate of drug-likeness (QED) is 0.730. The van der Waals surface area contributed by atoms with Crippen molar-refractivity contribution in [1.82, 2.24) is 10.3 Å². The Labute approximate surface area is 104 Å². The first kappa shape index (κ1) is 12.1. The van der Waals surface area contributed by atoms with Crippen LogP contribution in [-0.2, 0) is 6.54 Å². The molecule has 17 heavy (non-hydrogen) atoms. The van der Waals surface area contributed by atoms with Gasteiger partial charge in [0.1, 0.15) is 0 Å². The average molecular weight is 231 g/mol. The van der Waals surface area contributed by atoms with Crippen LogP contribution in [0.15, 0.2) is 31.1 Å². The second kappa shape index (κ2) is 5.82. The highest BCUT2D eigenvalue weighted by molar-refractivity contribution is 5.52. The summed E-state index contributed by atoms with van der Waals surface area (Å²) in [5.74, 6) is 0. The Morgan fingerprint density at radius 1 is 1.59 bits per heavy atom. The molecule has 0 spiro atoms. The number of nitrogens with zero attached hydrogens (tertiary/aromatic N) is 2. The second-order valence-corrected chi connectivity index (χ2v) is 4.49. The molecule has 3 heteroatoms. The molecule has 0 bridgehead atoms. The van der Waals surface area contributed by atoms with Crippen molar-refractivity contribution in [2.24, 2.45) is 0 Å². The van der Waals surface area contributed by atoms with Crippen molar-refractivity contribution in [2.75, 3.05) is 18.0 Å². The Hall–Kier alpha value is -1.35. The standard InChI is InChI=1S/C14H21N3/c1-3-9-17(4-2)14-11-15-8-7-12(14)10-16-13-5-6-13/h3,7-8,11,13,16H,1,4-6,9-10H2,2H3. The van der Waals surface area contributed by atoms with Crippen LogP contribution < -0.4 is 10.2 Å². The van der Waals surface area contributed by atoms with Gasteiger partial charge in [-0.2, -0.15) is 0 Å². The van der Waals surface area contributed by atoms with Crippen LogP contribution in [0.5, 0.6) is 0 Å². The molecule has 0 amide bonds. The Balaban J connectivity index is 2.09. The van der Waals surface area contributed by atoms with Gasteiger partial charge in [-0.3, -0.25) is 4.98 Å². The zero-order chi connectivity index (χ0) is 12.1. The van der Waals surface area contributed by atoms with Crippen LogP contribution in [-0.4, -0.2) is 24.1 Å². The zero-order valence-corrected chi connectivity index (χ0v) is 10.5. The fraction of sp³-hybridized carbons (Fsp3) is 0.500. The van der Waals surface area contributed by atoms with Gasteiger partial charge in [0.25, 0.3) is 0 Å². The van der Waals surface area contributed by atoms with Crippen molar-refractivity contribution in [2.45, 2.75) is 32.4 Å². The molecule has 2 rings (SSSR count). The maximum Gasteiger partial charge on any atom is 0.0601 e. The van der Waals surface area contributed by atoms with Crippen LogP contribution in [0, 0.1) is 0 Å². The van der Waals surface area contributed by atoms with Gasteiger partial charge in [0.15, 0.2) is 0 Å². The van der Waals surface area contributed by atoms with Gasteiger partial charge >= 0.3 is 0 Å². The number of anilines is 1. The molecule has 1 saturated carbocycles. The molecular formula is C14H21N3. The molecule has 0 atom stereocenters. The van der Waals surface area contributed by atoms with Crippen molar-refractivity contribution in [3.8, 4) is 0 Å². The number of hydrogen-bond acceptors (Lipinski definition) is 3. The fourth-order valence-electron chi connectivity index (χ4n) is 1.94. The smallest absolute Gasteiger partial charge is 0.0601 e. The summed E-state index contributed by atoms with van der Waals surface area (Å²) in [5.41, 5.74) is 2.55. The molecular weight excluding hydrogens is 210 g/mol. The first-order valence-corrected chi connectivity index (χ1v) is 6.37. The maximum absolute atomic E-state index is 4.24. The summed E-state index contributed by atoms with van der Waals surface area (Å²) in [6.45, 7) is 8.77. The van der Waals surface area contributed by atoms with Crippen LogP contribution in [0.4, 0.5) is 5.69 Å². The molecule has 0 radical (unpaired) electrons. The summed E-state index contributed by atoms with van der Waals surface area (Å²) < 4.78 is 0. The van der Waals surface area contributed by atoms with E-state index in [0.717, 1.165) is 25.7 Å². The highest BCUT2D eigenvalue weighted by Crippen LogP contribution is 2.22. The average Bonchev–Trinajstić information content (AvgIpc) is 3.18. The minimum Gasteiger partial charge on any atom is -0.367 e. The molecule has 3 nitrogen and oxygen atoms in total. The van der Waals surface area contributed by atoms with E-state index in [1.54, 1.807) is 0 Å². The molecule has 0 unspecified atom stereocenters. The lowest BCUT2D eigenvalue weighted by Gasteiger charge is -2.24. The summed E-state index contributed by atoms with van der Waals surface area (Å²) in [6, 6.07) is 2.85. The van der Waals surface area contributed by atoms with Gasteiger partial charge in [0, 0.05) is 31.9 Å². The monoisotopic (exact) mass is 231 g/mol. The molecule has 1 fully saturated rings. The summed E-state index contributed by atoms with van der Waals surface area (Å²) in [6.07, 6.45) is 8.41. The third kappa shape index (κ3) is 3.30. The van der Waals surface area contributed by atoms with Crippen molar-refractivity contribution in [3.05, 3.63) is 36.7 Å². The van der Waals surface area contributed by atoms with Gasteiger partial charge in [-0.1, -0.05) is 6.08 Å². The van der Waals surface area contributed by atoms with Gasteiger partial charge in [-0.05, 0) is 31.4 Å². The van der Waals surface area contributed by atoms with Gasteiger partial charge in [0.2, 0.25) is 0 Å². The highest BCUT2D eigenvalue weighted by atomic mass is 15.1. The van der Waals surface area contributed by atoms with E-state index >= 15 is 0 Å². The Morgan fingerprint density at radius 2 is 2.41 bits per heavy atom. The molecule has 1 aliphatic carbocycles. The Kier molecular flexibility index (Phi) is 4.15. The van der Waals surface area contributed by atoms with Crippen LogP contribution in [0.25, 0.3) is 0 Å². The van der Waals surface area contributed by atoms with Crippen molar-refractivity contribution >= 4 is 5.69 Å². The third-order valence-corrected chi connectivity index (χ3v) is 3.12. The van der Waals surface area contributed by atoms with E-state index in [2.05, 4.69) is 34.8 Å². The largest absolute Gasteiger partial charge is 0.367 e. The van der Waals surface area contributed by atoms with Crippen molar-refractivity contribution < 1.29 is 0 Å². The van der Waals surface area contributed by atoms with E-state index < -0.39 is 0 Å². The zero-order valence-electron chi connectivity index (χ0n) is 10.5. The van der Waals surface area contributed by atoms with E-state index in [4.69, 9.17) is 0 Å². The SMILES string of the molecule is C=CCN(CC)c1cnccc1CNC1CC1. The molecule has 0 saturated heterocycles. The second-order valence-electron chi connectivity index (χ2n) is 4.49. The number of nitrogens with one attached hydrogen (secondary N) is 1. The normalized spacial score (nSPS) is 14.6. The lowest BCUT2D eigenvalue weighted by molar-refractivity contribution is 0.684. The van der Waals surface area contributed by atoms with Crippen LogP contribution in [0.3, 0.4) is 0 Å². The molecule has 1 aromatic heterocycles. The first-order valence-electron chi connectivity index (χ1n) is 6.37. The minimum atomic E-state index is 0.741. The number of rotatable bonds is 7. The van der Waals surface area contributed by atoms with Crippen molar-refractivity contribution in [1.29, 1.82) is 0 Å². The Morgan fingerprint density at radius 3 is 3.06 bits per heavy atom. The van der Waals surface area contributed by atoms with E-state index in [-0.39, 0.29) is 0 Å². The van der Waals surface area contributed by atoms with Gasteiger partial charge in [-0.25, -0.2) is 0 Å². The molecule has 1 heterocycles. The predicted octanol–water partition coefficient (Wildman–Crippen LogP) is 2.35. The molecule has 92 valence electrons. The van der Waals surface area contributed by atoms with Crippen LogP contribution in [0.2, 0.25) is 0 Å². The molecule has 0 aromatic carbocycles. The predicted molar refractivity (Wildman–Crippen MR) is 72.2 cm³/mol. The Bertz CT molecular complexity index is 371. The topological polar surface area (TPSA) is 28.2 Å². The minimum absolute atomic E-state index is 0.741. The number of pyridine rings is 1. The summed E-state index contributed by atoms with van der Waals surface area (Å²) in [4.78, 5) is 6.53. The summed E-state index contributed by atoms with van der Waals surface area (Å²) in [7, 11) is 0. The molecule has 1 N–H and O–H groups in total. The number of aromatic nitrogens is 1. The van der Waals surface area contributed by atoms with Crippen molar-refractivity contribution in [3.63, 3.8) is 0 Å². The first-order chi connectivity index (χ1) is 8.35. The number of hydrogen-bond donors (Lipinski definition) is 1. The van der Waals surface area contributed by atoms with Gasteiger partial charge < -0.3 is 10.2 Å². The van der Waals surface area contributed by atoms with E-state index in [0.29, 0.717) is 0 Å². The molecule has 0 aliphatic heterocycles. The van der Waals surface area contributed by atoms with Gasteiger partial charge in [-0.15, -0.1) is 6.58 Å². The maximum atomic E-state index is 4.24. The van der Waals surface area contributed by atoms with Gasteiger partial charge in [0.05, 0.1) is 11.9 Å². The number of likely N-dealkylation sites (N-methyl/N-ethyl adjacent to an activating group) is 1. The lowest BCUT2D eigenvalue weighted by Crippen LogP contribution is -2.25. The third-order valence-electron chi connectivity index (χ3n) is 3.12. The molecule has 1 aromatic rings. The van der Waals surface area contributed by atoms with Crippen LogP contribution in [0.1, 0.15) is 25.3 Å². The van der Waals surface area contributed by atoms with E-state index in [1.807, 2.05) is 18.5 Å². The van der Waals surface area contributed by atoms with Crippen LogP contribution >= 0.6 is 0 Å². The summed E-state index contributed by atoms with van der Waals surface area (Å²) in [5, 5.41) is 3.55. The lowest BCUT2D eigenvalue weighted by atomic mass is 10.2.